The topological polar surface area (TPSA) is 69.0 Å². The van der Waals surface area contributed by atoms with Gasteiger partial charge in [0.1, 0.15) is 24.5 Å². The number of carbonyl (C=O) groups excluding carboxylic acids is 1. The van der Waals surface area contributed by atoms with Gasteiger partial charge in [0.05, 0.1) is 17.5 Å². The van der Waals surface area contributed by atoms with E-state index in [0.717, 1.165) is 5.56 Å². The van der Waals surface area contributed by atoms with Crippen LogP contribution in [-0.2, 0) is 11.4 Å². The predicted molar refractivity (Wildman–Crippen MR) is 93.6 cm³/mol. The molecule has 4 rings (SSSR count). The van der Waals surface area contributed by atoms with Crippen molar-refractivity contribution in [2.24, 2.45) is 0 Å². The van der Waals surface area contributed by atoms with E-state index < -0.39 is 0 Å². The second-order valence-corrected chi connectivity index (χ2v) is 6.27. The minimum absolute atomic E-state index is 0.0742. The molecule has 26 heavy (non-hydrogen) atoms. The van der Waals surface area contributed by atoms with E-state index >= 15 is 0 Å². The largest absolute Gasteiger partial charge is 0.487 e. The first-order chi connectivity index (χ1) is 12.6. The Morgan fingerprint density at radius 2 is 2.15 bits per heavy atom. The van der Waals surface area contributed by atoms with Gasteiger partial charge in [-0.2, -0.15) is 10.1 Å². The van der Waals surface area contributed by atoms with Gasteiger partial charge in [-0.25, -0.2) is 9.07 Å². The number of halogens is 2. The molecule has 2 heterocycles. The van der Waals surface area contributed by atoms with E-state index in [0.29, 0.717) is 22.3 Å². The van der Waals surface area contributed by atoms with Gasteiger partial charge in [-0.3, -0.25) is 10.1 Å². The number of hydrogen-bond donors (Lipinski definition) is 1. The molecule has 1 unspecified atom stereocenters. The number of benzene rings is 2. The van der Waals surface area contributed by atoms with Crippen LogP contribution < -0.4 is 10.1 Å². The van der Waals surface area contributed by atoms with Crippen LogP contribution >= 0.6 is 11.6 Å². The molecule has 3 aromatic rings. The second kappa shape index (κ2) is 6.76. The van der Waals surface area contributed by atoms with E-state index in [1.165, 1.54) is 12.4 Å². The first-order valence-electron chi connectivity index (χ1n) is 7.97. The molecule has 1 aliphatic rings. The summed E-state index contributed by atoms with van der Waals surface area (Å²) in [4.78, 5) is 15.9. The Labute approximate surface area is 153 Å². The SMILES string of the molecule is O=C1CC(c2ccc(OCc3ccccc3F)c(Cl)c2)n2ncnc2N1. The maximum absolute atomic E-state index is 13.7. The summed E-state index contributed by atoms with van der Waals surface area (Å²) < 4.78 is 21.0. The van der Waals surface area contributed by atoms with Crippen molar-refractivity contribution in [2.75, 3.05) is 5.32 Å². The fourth-order valence-corrected chi connectivity index (χ4v) is 3.12. The van der Waals surface area contributed by atoms with Gasteiger partial charge in [0.15, 0.2) is 0 Å². The smallest absolute Gasteiger partial charge is 0.229 e. The average Bonchev–Trinajstić information content (AvgIpc) is 3.09. The molecular formula is C18H14ClFN4O2. The van der Waals surface area contributed by atoms with Crippen LogP contribution in [0.2, 0.25) is 5.02 Å². The summed E-state index contributed by atoms with van der Waals surface area (Å²) in [6, 6.07) is 11.4. The molecule has 1 aromatic heterocycles. The van der Waals surface area contributed by atoms with Gasteiger partial charge >= 0.3 is 0 Å². The molecule has 0 spiro atoms. The van der Waals surface area contributed by atoms with Crippen molar-refractivity contribution in [1.29, 1.82) is 0 Å². The lowest BCUT2D eigenvalue weighted by molar-refractivity contribution is -0.117. The molecule has 1 N–H and O–H groups in total. The van der Waals surface area contributed by atoms with E-state index in [9.17, 15) is 9.18 Å². The number of anilines is 1. The molecule has 132 valence electrons. The number of nitrogens with zero attached hydrogens (tertiary/aromatic N) is 3. The number of aromatic nitrogens is 3. The lowest BCUT2D eigenvalue weighted by atomic mass is 10.0. The molecule has 0 radical (unpaired) electrons. The lowest BCUT2D eigenvalue weighted by Crippen LogP contribution is -2.29. The van der Waals surface area contributed by atoms with E-state index in [2.05, 4.69) is 15.4 Å². The maximum atomic E-state index is 13.7. The fourth-order valence-electron chi connectivity index (χ4n) is 2.88. The van der Waals surface area contributed by atoms with E-state index in [4.69, 9.17) is 16.3 Å². The summed E-state index contributed by atoms with van der Waals surface area (Å²) in [6.45, 7) is 0.0742. The summed E-state index contributed by atoms with van der Waals surface area (Å²) in [5.41, 5.74) is 1.26. The van der Waals surface area contributed by atoms with Gasteiger partial charge in [-0.1, -0.05) is 35.9 Å². The van der Waals surface area contributed by atoms with E-state index in [-0.39, 0.29) is 30.8 Å². The van der Waals surface area contributed by atoms with E-state index in [1.807, 2.05) is 6.07 Å². The van der Waals surface area contributed by atoms with Gasteiger partial charge in [-0.05, 0) is 23.8 Å². The number of fused-ring (bicyclic) bond motifs is 1. The molecule has 1 aliphatic heterocycles. The minimum atomic E-state index is -0.327. The van der Waals surface area contributed by atoms with Gasteiger partial charge < -0.3 is 4.74 Å². The highest BCUT2D eigenvalue weighted by Crippen LogP contribution is 2.33. The Morgan fingerprint density at radius 1 is 1.31 bits per heavy atom. The van der Waals surface area contributed by atoms with Gasteiger partial charge in [-0.15, -0.1) is 0 Å². The third-order valence-electron chi connectivity index (χ3n) is 4.18. The first-order valence-corrected chi connectivity index (χ1v) is 8.34. The summed E-state index contributed by atoms with van der Waals surface area (Å²) in [5.74, 6) is 0.388. The quantitative estimate of drug-likeness (QED) is 0.760. The van der Waals surface area contributed by atoms with Gasteiger partial charge in [0.25, 0.3) is 0 Å². The molecule has 0 bridgehead atoms. The average molecular weight is 373 g/mol. The van der Waals surface area contributed by atoms with Gasteiger partial charge in [0, 0.05) is 5.56 Å². The molecule has 1 atom stereocenters. The highest BCUT2D eigenvalue weighted by molar-refractivity contribution is 6.32. The molecular weight excluding hydrogens is 359 g/mol. The fraction of sp³-hybridized carbons (Fsp3) is 0.167. The third-order valence-corrected chi connectivity index (χ3v) is 4.48. The molecule has 6 nitrogen and oxygen atoms in total. The van der Waals surface area contributed by atoms with Crippen molar-refractivity contribution < 1.29 is 13.9 Å². The number of amides is 1. The summed E-state index contributed by atoms with van der Waals surface area (Å²) in [5, 5.41) is 7.21. The standard InChI is InChI=1S/C18H14ClFN4O2/c19-13-7-11(15-8-17(25)23-18-21-10-22-24(15)18)5-6-16(13)26-9-12-3-1-2-4-14(12)20/h1-7,10,15H,8-9H2,(H,21,22,23,25). The molecule has 8 heteroatoms. The normalized spacial score (nSPS) is 16.1. The zero-order chi connectivity index (χ0) is 18.1. The van der Waals surface area contributed by atoms with Crippen LogP contribution in [0.1, 0.15) is 23.6 Å². The highest BCUT2D eigenvalue weighted by Gasteiger charge is 2.28. The third kappa shape index (κ3) is 3.13. The number of rotatable bonds is 4. The van der Waals surface area contributed by atoms with Crippen molar-refractivity contribution in [3.63, 3.8) is 0 Å². The maximum Gasteiger partial charge on any atom is 0.229 e. The van der Waals surface area contributed by atoms with Crippen molar-refractivity contribution in [2.45, 2.75) is 19.1 Å². The molecule has 0 saturated heterocycles. The summed E-state index contributed by atoms with van der Waals surface area (Å²) in [6.07, 6.45) is 1.63. The number of ether oxygens (including phenoxy) is 1. The second-order valence-electron chi connectivity index (χ2n) is 5.87. The molecule has 0 aliphatic carbocycles. The van der Waals surface area contributed by atoms with Crippen molar-refractivity contribution in [3.8, 4) is 5.75 Å². The van der Waals surface area contributed by atoms with Crippen molar-refractivity contribution >= 4 is 23.5 Å². The highest BCUT2D eigenvalue weighted by atomic mass is 35.5. The van der Waals surface area contributed by atoms with Crippen molar-refractivity contribution in [3.05, 3.63) is 70.8 Å². The van der Waals surface area contributed by atoms with Crippen LogP contribution in [-0.4, -0.2) is 20.7 Å². The van der Waals surface area contributed by atoms with E-state index in [1.54, 1.807) is 35.0 Å². The Hall–Kier alpha value is -2.93. The molecule has 0 saturated carbocycles. The summed E-state index contributed by atoms with van der Waals surface area (Å²) >= 11 is 6.33. The van der Waals surface area contributed by atoms with Crippen LogP contribution in [0, 0.1) is 5.82 Å². The predicted octanol–water partition coefficient (Wildman–Crippen LogP) is 3.58. The number of carbonyl (C=O) groups is 1. The molecule has 0 fully saturated rings. The van der Waals surface area contributed by atoms with Crippen LogP contribution in [0.15, 0.2) is 48.8 Å². The minimum Gasteiger partial charge on any atom is -0.487 e. The molecule has 1 amide bonds. The number of nitrogens with one attached hydrogen (secondary N) is 1. The first kappa shape index (κ1) is 16.5. The zero-order valence-corrected chi connectivity index (χ0v) is 14.3. The monoisotopic (exact) mass is 372 g/mol. The van der Waals surface area contributed by atoms with Crippen LogP contribution in [0.5, 0.6) is 5.75 Å². The van der Waals surface area contributed by atoms with Crippen LogP contribution in [0.25, 0.3) is 0 Å². The van der Waals surface area contributed by atoms with Crippen LogP contribution in [0.3, 0.4) is 0 Å². The number of hydrogen-bond acceptors (Lipinski definition) is 4. The Kier molecular flexibility index (Phi) is 4.30. The van der Waals surface area contributed by atoms with Crippen molar-refractivity contribution in [1.82, 2.24) is 14.8 Å². The zero-order valence-electron chi connectivity index (χ0n) is 13.5. The summed E-state index contributed by atoms with van der Waals surface area (Å²) in [7, 11) is 0. The van der Waals surface area contributed by atoms with Gasteiger partial charge in [0.2, 0.25) is 11.9 Å². The Bertz CT molecular complexity index is 975. The Morgan fingerprint density at radius 3 is 2.96 bits per heavy atom. The Balaban J connectivity index is 1.55. The van der Waals surface area contributed by atoms with Crippen LogP contribution in [0.4, 0.5) is 10.3 Å². The molecule has 2 aromatic carbocycles. The lowest BCUT2D eigenvalue weighted by Gasteiger charge is -2.24.